The summed E-state index contributed by atoms with van der Waals surface area (Å²) in [4.78, 5) is 4.06. The molecule has 0 fully saturated rings. The maximum absolute atomic E-state index is 5.83. The fourth-order valence-electron chi connectivity index (χ4n) is 1.28. The van der Waals surface area contributed by atoms with Gasteiger partial charge in [0.15, 0.2) is 0 Å². The highest BCUT2D eigenvalue weighted by Crippen LogP contribution is 2.19. The van der Waals surface area contributed by atoms with Crippen LogP contribution in [0.25, 0.3) is 5.57 Å². The largest absolute Gasteiger partial charge is 0.398 e. The van der Waals surface area contributed by atoms with E-state index in [2.05, 4.69) is 23.3 Å². The smallest absolute Gasteiger partial charge is 0.0421 e. The number of nitrogens with zero attached hydrogens (tertiary/aromatic N) is 1. The third-order valence-electron chi connectivity index (χ3n) is 2.12. The molecule has 1 aromatic rings. The molecule has 1 aromatic heterocycles. The summed E-state index contributed by atoms with van der Waals surface area (Å²) in [5.74, 6) is 0. The van der Waals surface area contributed by atoms with Gasteiger partial charge in [0, 0.05) is 23.6 Å². The Balaban J connectivity index is 2.73. The third-order valence-corrected chi connectivity index (χ3v) is 2.12. The number of hydrogen-bond acceptors (Lipinski definition) is 3. The molecule has 0 saturated carbocycles. The Hall–Kier alpha value is -1.35. The van der Waals surface area contributed by atoms with Crippen LogP contribution in [0.2, 0.25) is 0 Å². The van der Waals surface area contributed by atoms with Gasteiger partial charge in [0.05, 0.1) is 0 Å². The molecule has 0 aromatic carbocycles. The molecular formula is C11H17N3. The van der Waals surface area contributed by atoms with Gasteiger partial charge in [-0.05, 0) is 38.6 Å². The summed E-state index contributed by atoms with van der Waals surface area (Å²) in [5.41, 5.74) is 8.84. The Kier molecular flexibility index (Phi) is 4.13. The maximum atomic E-state index is 5.83. The first-order valence-corrected chi connectivity index (χ1v) is 4.77. The van der Waals surface area contributed by atoms with E-state index in [4.69, 9.17) is 5.73 Å². The predicted molar refractivity (Wildman–Crippen MR) is 60.8 cm³/mol. The van der Waals surface area contributed by atoms with Crippen LogP contribution in [0.4, 0.5) is 5.69 Å². The molecule has 0 aliphatic heterocycles. The molecule has 0 bridgehead atoms. The number of pyridine rings is 1. The molecule has 0 spiro atoms. The normalized spacial score (nSPS) is 11.7. The summed E-state index contributed by atoms with van der Waals surface area (Å²) in [7, 11) is 1.95. The fourth-order valence-corrected chi connectivity index (χ4v) is 1.28. The van der Waals surface area contributed by atoms with Crippen LogP contribution in [0.15, 0.2) is 24.5 Å². The quantitative estimate of drug-likeness (QED) is 0.712. The summed E-state index contributed by atoms with van der Waals surface area (Å²) in [5, 5.41) is 3.10. The zero-order chi connectivity index (χ0) is 10.4. The van der Waals surface area contributed by atoms with Gasteiger partial charge < -0.3 is 11.1 Å². The Morgan fingerprint density at radius 2 is 2.43 bits per heavy atom. The van der Waals surface area contributed by atoms with Gasteiger partial charge in [-0.3, -0.25) is 4.98 Å². The number of hydrogen-bond donors (Lipinski definition) is 2. The third kappa shape index (κ3) is 2.85. The van der Waals surface area contributed by atoms with Crippen molar-refractivity contribution in [3.8, 4) is 0 Å². The van der Waals surface area contributed by atoms with Crippen LogP contribution in [-0.4, -0.2) is 18.6 Å². The SMILES string of the molecule is CNCCC=C(C)c1cnccc1N. The molecule has 3 heteroatoms. The highest BCUT2D eigenvalue weighted by atomic mass is 14.8. The van der Waals surface area contributed by atoms with Crippen molar-refractivity contribution in [1.29, 1.82) is 0 Å². The minimum absolute atomic E-state index is 0.790. The van der Waals surface area contributed by atoms with E-state index >= 15 is 0 Å². The fraction of sp³-hybridized carbons (Fsp3) is 0.364. The lowest BCUT2D eigenvalue weighted by atomic mass is 10.1. The molecule has 0 saturated heterocycles. The van der Waals surface area contributed by atoms with E-state index in [9.17, 15) is 0 Å². The van der Waals surface area contributed by atoms with Crippen LogP contribution in [0.3, 0.4) is 0 Å². The van der Waals surface area contributed by atoms with E-state index in [1.807, 2.05) is 13.1 Å². The first kappa shape index (κ1) is 10.7. The lowest BCUT2D eigenvalue weighted by Gasteiger charge is -2.04. The number of rotatable bonds is 4. The van der Waals surface area contributed by atoms with Crippen LogP contribution in [-0.2, 0) is 0 Å². The van der Waals surface area contributed by atoms with Gasteiger partial charge in [-0.15, -0.1) is 0 Å². The van der Waals surface area contributed by atoms with Gasteiger partial charge in [0.2, 0.25) is 0 Å². The van der Waals surface area contributed by atoms with E-state index in [1.165, 1.54) is 5.57 Å². The Bertz CT molecular complexity index is 318. The zero-order valence-corrected chi connectivity index (χ0v) is 8.75. The monoisotopic (exact) mass is 191 g/mol. The van der Waals surface area contributed by atoms with E-state index < -0.39 is 0 Å². The van der Waals surface area contributed by atoms with Crippen molar-refractivity contribution in [2.45, 2.75) is 13.3 Å². The molecule has 3 N–H and O–H groups in total. The average Bonchev–Trinajstić information content (AvgIpc) is 2.18. The van der Waals surface area contributed by atoms with Crippen molar-refractivity contribution in [1.82, 2.24) is 10.3 Å². The van der Waals surface area contributed by atoms with Gasteiger partial charge in [-0.2, -0.15) is 0 Å². The molecule has 3 nitrogen and oxygen atoms in total. The van der Waals surface area contributed by atoms with Crippen molar-refractivity contribution >= 4 is 11.3 Å². The van der Waals surface area contributed by atoms with Gasteiger partial charge >= 0.3 is 0 Å². The van der Waals surface area contributed by atoms with Crippen molar-refractivity contribution in [2.75, 3.05) is 19.3 Å². The number of nitrogen functional groups attached to an aromatic ring is 1. The second-order valence-corrected chi connectivity index (χ2v) is 3.24. The molecule has 0 radical (unpaired) electrons. The number of anilines is 1. The Labute approximate surface area is 85.0 Å². The molecule has 0 atom stereocenters. The standard InChI is InChI=1S/C11H17N3/c1-9(4-3-6-13-2)10-8-14-7-5-11(10)12/h4-5,7-8,13H,3,6H2,1-2H3,(H2,12,14). The summed E-state index contributed by atoms with van der Waals surface area (Å²) in [6.45, 7) is 3.04. The van der Waals surface area contributed by atoms with Crippen molar-refractivity contribution < 1.29 is 0 Å². The maximum Gasteiger partial charge on any atom is 0.0421 e. The first-order valence-electron chi connectivity index (χ1n) is 4.77. The van der Waals surface area contributed by atoms with E-state index in [1.54, 1.807) is 12.4 Å². The molecule has 76 valence electrons. The topological polar surface area (TPSA) is 50.9 Å². The lowest BCUT2D eigenvalue weighted by Crippen LogP contribution is -2.06. The molecule has 0 aliphatic rings. The molecule has 1 heterocycles. The van der Waals surface area contributed by atoms with Crippen LogP contribution in [0.1, 0.15) is 18.9 Å². The van der Waals surface area contributed by atoms with Crippen molar-refractivity contribution in [2.24, 2.45) is 0 Å². The second-order valence-electron chi connectivity index (χ2n) is 3.24. The second kappa shape index (κ2) is 5.40. The van der Waals surface area contributed by atoms with E-state index in [-0.39, 0.29) is 0 Å². The predicted octanol–water partition coefficient (Wildman–Crippen LogP) is 1.68. The molecule has 0 unspecified atom stereocenters. The van der Waals surface area contributed by atoms with Crippen LogP contribution >= 0.6 is 0 Å². The number of nitrogens with one attached hydrogen (secondary N) is 1. The zero-order valence-electron chi connectivity index (χ0n) is 8.75. The minimum atomic E-state index is 0.790. The van der Waals surface area contributed by atoms with Crippen molar-refractivity contribution in [3.05, 3.63) is 30.1 Å². The Morgan fingerprint density at radius 1 is 1.64 bits per heavy atom. The molecular weight excluding hydrogens is 174 g/mol. The highest BCUT2D eigenvalue weighted by Gasteiger charge is 1.99. The van der Waals surface area contributed by atoms with Crippen molar-refractivity contribution in [3.63, 3.8) is 0 Å². The molecule has 1 rings (SSSR count). The number of nitrogens with two attached hydrogens (primary N) is 1. The van der Waals surface area contributed by atoms with E-state index in [0.29, 0.717) is 0 Å². The van der Waals surface area contributed by atoms with Crippen LogP contribution < -0.4 is 11.1 Å². The summed E-state index contributed by atoms with van der Waals surface area (Å²) < 4.78 is 0. The average molecular weight is 191 g/mol. The van der Waals surface area contributed by atoms with Gasteiger partial charge in [0.25, 0.3) is 0 Å². The van der Waals surface area contributed by atoms with Gasteiger partial charge in [0.1, 0.15) is 0 Å². The highest BCUT2D eigenvalue weighted by molar-refractivity contribution is 5.72. The first-order chi connectivity index (χ1) is 6.75. The lowest BCUT2D eigenvalue weighted by molar-refractivity contribution is 0.808. The Morgan fingerprint density at radius 3 is 3.07 bits per heavy atom. The number of aromatic nitrogens is 1. The minimum Gasteiger partial charge on any atom is -0.398 e. The molecule has 0 aliphatic carbocycles. The van der Waals surface area contributed by atoms with Gasteiger partial charge in [-0.1, -0.05) is 6.08 Å². The number of allylic oxidation sites excluding steroid dienone is 1. The van der Waals surface area contributed by atoms with E-state index in [0.717, 1.165) is 24.2 Å². The summed E-state index contributed by atoms with van der Waals surface area (Å²) in [6, 6.07) is 1.82. The summed E-state index contributed by atoms with van der Waals surface area (Å²) >= 11 is 0. The molecule has 14 heavy (non-hydrogen) atoms. The molecule has 0 amide bonds. The van der Waals surface area contributed by atoms with Crippen LogP contribution in [0.5, 0.6) is 0 Å². The summed E-state index contributed by atoms with van der Waals surface area (Å²) in [6.07, 6.45) is 6.70. The van der Waals surface area contributed by atoms with Gasteiger partial charge in [-0.25, -0.2) is 0 Å². The van der Waals surface area contributed by atoms with Crippen LogP contribution in [0, 0.1) is 0 Å².